The third-order valence-electron chi connectivity index (χ3n) is 2.09. The molecule has 0 unspecified atom stereocenters. The monoisotopic (exact) mass is 207 g/mol. The van der Waals surface area contributed by atoms with Gasteiger partial charge in [-0.25, -0.2) is 0 Å². The van der Waals surface area contributed by atoms with Crippen molar-refractivity contribution in [1.82, 2.24) is 0 Å². The van der Waals surface area contributed by atoms with Crippen LogP contribution in [0.15, 0.2) is 12.1 Å². The van der Waals surface area contributed by atoms with E-state index in [4.69, 9.17) is 4.74 Å². The molecule has 0 heterocycles. The summed E-state index contributed by atoms with van der Waals surface area (Å²) in [6.07, 6.45) is 0.629. The fraction of sp³-hybridized carbons (Fsp3) is 0.538. The van der Waals surface area contributed by atoms with Crippen LogP contribution in [-0.4, -0.2) is 17.3 Å². The molecule has 1 rings (SSSR count). The highest BCUT2D eigenvalue weighted by Gasteiger charge is 2.12. The summed E-state index contributed by atoms with van der Waals surface area (Å²) in [6.45, 7) is 8.09. The number of ether oxygens (including phenoxy) is 1. The van der Waals surface area contributed by atoms with Gasteiger partial charge in [0.05, 0.1) is 12.2 Å². The maximum atomic E-state index is 9.52. The first-order valence-electron chi connectivity index (χ1n) is 5.22. The van der Waals surface area contributed by atoms with Gasteiger partial charge in [-0.15, -0.1) is 0 Å². The molecule has 0 aliphatic carbocycles. The van der Waals surface area contributed by atoms with E-state index in [9.17, 15) is 5.11 Å². The lowest BCUT2D eigenvalue weighted by Crippen LogP contribution is -2.21. The standard InChI is InChI=1S/C13H19O2/c1-10-7-11(2)9-12(8-10)15-6-5-13(3,4)14/h8-9,14H,5-6H2,1-4H3. The smallest absolute Gasteiger partial charge is 0.119 e. The fourth-order valence-corrected chi connectivity index (χ4v) is 1.35. The number of hydrogen-bond acceptors (Lipinski definition) is 2. The topological polar surface area (TPSA) is 29.5 Å². The molecule has 0 spiro atoms. The predicted octanol–water partition coefficient (Wildman–Crippen LogP) is 2.64. The van der Waals surface area contributed by atoms with Crippen LogP contribution in [0.2, 0.25) is 0 Å². The van der Waals surface area contributed by atoms with Crippen molar-refractivity contribution >= 4 is 0 Å². The Morgan fingerprint density at radius 2 is 1.80 bits per heavy atom. The first kappa shape index (κ1) is 12.1. The molecule has 0 atom stereocenters. The number of aryl methyl sites for hydroxylation is 2. The first-order chi connectivity index (χ1) is 6.87. The molecule has 0 fully saturated rings. The van der Waals surface area contributed by atoms with Crippen LogP contribution < -0.4 is 4.74 Å². The van der Waals surface area contributed by atoms with Gasteiger partial charge in [0.15, 0.2) is 0 Å². The summed E-state index contributed by atoms with van der Waals surface area (Å²) in [6, 6.07) is 7.10. The molecule has 0 saturated carbocycles. The Morgan fingerprint density at radius 1 is 1.27 bits per heavy atom. The predicted molar refractivity (Wildman–Crippen MR) is 61.2 cm³/mol. The summed E-state index contributed by atoms with van der Waals surface area (Å²) >= 11 is 0. The molecule has 0 aliphatic heterocycles. The number of hydrogen-bond donors (Lipinski definition) is 1. The average molecular weight is 207 g/mol. The van der Waals surface area contributed by atoms with E-state index in [-0.39, 0.29) is 0 Å². The highest BCUT2D eigenvalue weighted by Crippen LogP contribution is 2.17. The molecular formula is C13H19O2. The highest BCUT2D eigenvalue weighted by atomic mass is 16.5. The molecule has 0 bridgehead atoms. The van der Waals surface area contributed by atoms with Gasteiger partial charge in [0.25, 0.3) is 0 Å². The molecule has 1 aromatic carbocycles. The van der Waals surface area contributed by atoms with Crippen molar-refractivity contribution in [2.45, 2.75) is 39.7 Å². The van der Waals surface area contributed by atoms with E-state index in [0.717, 1.165) is 16.9 Å². The average Bonchev–Trinajstić information content (AvgIpc) is 1.99. The van der Waals surface area contributed by atoms with Crippen LogP contribution in [-0.2, 0) is 0 Å². The third-order valence-corrected chi connectivity index (χ3v) is 2.09. The summed E-state index contributed by atoms with van der Waals surface area (Å²) in [7, 11) is 0. The van der Waals surface area contributed by atoms with Gasteiger partial charge in [-0.3, -0.25) is 0 Å². The van der Waals surface area contributed by atoms with Crippen LogP contribution in [0.25, 0.3) is 0 Å². The molecule has 1 radical (unpaired) electrons. The molecule has 0 amide bonds. The number of rotatable bonds is 4. The van der Waals surface area contributed by atoms with Gasteiger partial charge < -0.3 is 9.84 Å². The van der Waals surface area contributed by atoms with Gasteiger partial charge in [0, 0.05) is 6.42 Å². The normalized spacial score (nSPS) is 11.5. The van der Waals surface area contributed by atoms with Crippen LogP contribution in [0.4, 0.5) is 0 Å². The van der Waals surface area contributed by atoms with Crippen LogP contribution in [0.3, 0.4) is 0 Å². The molecule has 0 aliphatic rings. The molecule has 1 N–H and O–H groups in total. The zero-order valence-electron chi connectivity index (χ0n) is 9.92. The fourth-order valence-electron chi connectivity index (χ4n) is 1.35. The summed E-state index contributed by atoms with van der Waals surface area (Å²) in [5, 5.41) is 9.52. The van der Waals surface area contributed by atoms with Gasteiger partial charge in [0.2, 0.25) is 0 Å². The minimum absolute atomic E-state index is 0.534. The van der Waals surface area contributed by atoms with Gasteiger partial charge in [0.1, 0.15) is 5.75 Å². The Kier molecular flexibility index (Phi) is 3.75. The van der Waals surface area contributed by atoms with E-state index in [1.165, 1.54) is 0 Å². The Hall–Kier alpha value is -1.02. The van der Waals surface area contributed by atoms with E-state index in [2.05, 4.69) is 6.07 Å². The Morgan fingerprint density at radius 3 is 2.27 bits per heavy atom. The van der Waals surface area contributed by atoms with Crippen LogP contribution in [0, 0.1) is 19.9 Å². The quantitative estimate of drug-likeness (QED) is 0.822. The maximum absolute atomic E-state index is 9.52. The second kappa shape index (κ2) is 4.67. The Balaban J connectivity index is 2.51. The molecule has 1 aromatic rings. The summed E-state index contributed by atoms with van der Waals surface area (Å²) in [5.74, 6) is 0.855. The van der Waals surface area contributed by atoms with E-state index < -0.39 is 5.60 Å². The molecule has 2 heteroatoms. The van der Waals surface area contributed by atoms with E-state index in [0.29, 0.717) is 13.0 Å². The van der Waals surface area contributed by atoms with Crippen molar-refractivity contribution in [2.75, 3.05) is 6.61 Å². The van der Waals surface area contributed by atoms with Crippen molar-refractivity contribution in [1.29, 1.82) is 0 Å². The highest BCUT2D eigenvalue weighted by molar-refractivity contribution is 5.31. The second-order valence-electron chi connectivity index (χ2n) is 4.59. The molecule has 15 heavy (non-hydrogen) atoms. The van der Waals surface area contributed by atoms with Gasteiger partial charge in [-0.2, -0.15) is 0 Å². The summed E-state index contributed by atoms with van der Waals surface area (Å²) < 4.78 is 5.56. The lowest BCUT2D eigenvalue weighted by molar-refractivity contribution is 0.0553. The molecule has 83 valence electrons. The SMILES string of the molecule is Cc1[c]c(C)cc(OCCC(C)(C)O)c1. The van der Waals surface area contributed by atoms with E-state index in [1.807, 2.05) is 26.0 Å². The zero-order chi connectivity index (χ0) is 11.5. The van der Waals surface area contributed by atoms with Crippen molar-refractivity contribution in [3.05, 3.63) is 29.3 Å². The lowest BCUT2D eigenvalue weighted by atomic mass is 10.1. The number of benzene rings is 1. The van der Waals surface area contributed by atoms with Crippen molar-refractivity contribution in [3.63, 3.8) is 0 Å². The van der Waals surface area contributed by atoms with Crippen LogP contribution >= 0.6 is 0 Å². The minimum atomic E-state index is -0.662. The summed E-state index contributed by atoms with van der Waals surface area (Å²) in [5.41, 5.74) is 1.49. The summed E-state index contributed by atoms with van der Waals surface area (Å²) in [4.78, 5) is 0. The lowest BCUT2D eigenvalue weighted by Gasteiger charge is -2.17. The van der Waals surface area contributed by atoms with E-state index >= 15 is 0 Å². The van der Waals surface area contributed by atoms with Gasteiger partial charge >= 0.3 is 0 Å². The molecular weight excluding hydrogens is 188 g/mol. The van der Waals surface area contributed by atoms with Gasteiger partial charge in [-0.1, -0.05) is 0 Å². The van der Waals surface area contributed by atoms with Crippen LogP contribution in [0.1, 0.15) is 31.4 Å². The first-order valence-corrected chi connectivity index (χ1v) is 5.22. The zero-order valence-corrected chi connectivity index (χ0v) is 9.92. The van der Waals surface area contributed by atoms with Crippen molar-refractivity contribution < 1.29 is 9.84 Å². The largest absolute Gasteiger partial charge is 0.493 e. The Labute approximate surface area is 91.9 Å². The third kappa shape index (κ3) is 4.84. The molecule has 2 nitrogen and oxygen atoms in total. The van der Waals surface area contributed by atoms with Crippen molar-refractivity contribution in [3.8, 4) is 5.75 Å². The van der Waals surface area contributed by atoms with Crippen molar-refractivity contribution in [2.24, 2.45) is 0 Å². The number of aliphatic hydroxyl groups is 1. The minimum Gasteiger partial charge on any atom is -0.493 e. The van der Waals surface area contributed by atoms with E-state index in [1.54, 1.807) is 13.8 Å². The Bertz CT molecular complexity index is 304. The van der Waals surface area contributed by atoms with Crippen LogP contribution in [0.5, 0.6) is 5.75 Å². The van der Waals surface area contributed by atoms with Gasteiger partial charge in [-0.05, 0) is 57.0 Å². The molecule has 0 saturated heterocycles. The molecule has 0 aromatic heterocycles. The second-order valence-corrected chi connectivity index (χ2v) is 4.59. The maximum Gasteiger partial charge on any atom is 0.119 e.